The fourth-order valence-electron chi connectivity index (χ4n) is 0.0204. The Morgan fingerprint density at radius 2 is 1.38 bits per heavy atom. The van der Waals surface area contributed by atoms with Gasteiger partial charge in [0.25, 0.3) is 0 Å². The van der Waals surface area contributed by atoms with Gasteiger partial charge in [0, 0.05) is 0 Å². The van der Waals surface area contributed by atoms with Crippen LogP contribution in [0, 0.1) is 21.3 Å². The second kappa shape index (κ2) is 3.00. The van der Waals surface area contributed by atoms with E-state index in [0.29, 0.717) is 0 Å². The van der Waals surface area contributed by atoms with E-state index in [1.165, 1.54) is 0 Å². The van der Waals surface area contributed by atoms with E-state index >= 15 is 0 Å². The SMILES string of the molecule is C.N#CS(=O)(=O)C#N. The van der Waals surface area contributed by atoms with Gasteiger partial charge in [0.05, 0.1) is 0 Å². The third kappa shape index (κ3) is 3.13. The summed E-state index contributed by atoms with van der Waals surface area (Å²) in [6, 6.07) is 0. The topological polar surface area (TPSA) is 81.7 Å². The average Bonchev–Trinajstić information content (AvgIpc) is 1.68. The van der Waals surface area contributed by atoms with E-state index in [1.807, 2.05) is 0 Å². The zero-order valence-corrected chi connectivity index (χ0v) is 3.94. The first-order valence-corrected chi connectivity index (χ1v) is 2.67. The van der Waals surface area contributed by atoms with Crippen LogP contribution in [0.3, 0.4) is 0 Å². The van der Waals surface area contributed by atoms with Gasteiger partial charge in [-0.3, -0.25) is 0 Å². The molecule has 0 atom stereocenters. The predicted octanol–water partition coefficient (Wildman–Crippen LogP) is -0.000540. The zero-order chi connectivity index (χ0) is 5.91. The minimum Gasteiger partial charge on any atom is -0.197 e. The molecule has 0 aliphatic rings. The molecule has 0 bridgehead atoms. The van der Waals surface area contributed by atoms with Crippen molar-refractivity contribution in [3.63, 3.8) is 0 Å². The number of nitrogens with zero attached hydrogens (tertiary/aromatic N) is 2. The van der Waals surface area contributed by atoms with Crippen molar-refractivity contribution in [3.8, 4) is 10.8 Å². The zero-order valence-electron chi connectivity index (χ0n) is 3.12. The number of hydrogen-bond donors (Lipinski definition) is 0. The van der Waals surface area contributed by atoms with E-state index in [4.69, 9.17) is 10.5 Å². The fourth-order valence-corrected chi connectivity index (χ4v) is 0.0612. The number of rotatable bonds is 0. The lowest BCUT2D eigenvalue weighted by atomic mass is 11.8. The maximum absolute atomic E-state index is 9.65. The number of nitriles is 2. The molecule has 0 aromatic rings. The van der Waals surface area contributed by atoms with Crippen LogP contribution in [0.25, 0.3) is 0 Å². The fraction of sp³-hybridized carbons (Fsp3) is 0.333. The molecule has 0 fully saturated rings. The Kier molecular flexibility index (Phi) is 3.76. The normalized spacial score (nSPS) is 7.75. The van der Waals surface area contributed by atoms with Gasteiger partial charge >= 0.3 is 9.84 Å². The first-order chi connectivity index (χ1) is 3.12. The van der Waals surface area contributed by atoms with Gasteiger partial charge in [-0.25, -0.2) is 0 Å². The van der Waals surface area contributed by atoms with Gasteiger partial charge in [0.1, 0.15) is 0 Å². The lowest BCUT2D eigenvalue weighted by Gasteiger charge is -1.62. The Morgan fingerprint density at radius 1 is 1.12 bits per heavy atom. The summed E-state index contributed by atoms with van der Waals surface area (Å²) in [5.41, 5.74) is 0. The molecule has 0 radical (unpaired) electrons. The summed E-state index contributed by atoms with van der Waals surface area (Å²) in [5.74, 6) is 0. The molecule has 0 unspecified atom stereocenters. The maximum atomic E-state index is 9.65. The van der Waals surface area contributed by atoms with Crippen molar-refractivity contribution in [2.75, 3.05) is 0 Å². The molecule has 0 saturated carbocycles. The van der Waals surface area contributed by atoms with E-state index in [0.717, 1.165) is 10.8 Å². The average molecular weight is 132 g/mol. The van der Waals surface area contributed by atoms with Crippen LogP contribution in [0.2, 0.25) is 0 Å². The van der Waals surface area contributed by atoms with Crippen molar-refractivity contribution in [3.05, 3.63) is 0 Å². The monoisotopic (exact) mass is 132 g/mol. The molecule has 8 heavy (non-hydrogen) atoms. The number of thiocyanates is 2. The molecule has 0 heterocycles. The van der Waals surface area contributed by atoms with E-state index in [2.05, 4.69) is 0 Å². The highest BCUT2D eigenvalue weighted by atomic mass is 32.2. The summed E-state index contributed by atoms with van der Waals surface area (Å²) >= 11 is 0. The third-order valence-electron chi connectivity index (χ3n) is 0.240. The molecular formula is C3H4N2O2S. The van der Waals surface area contributed by atoms with Gasteiger partial charge < -0.3 is 0 Å². The Bertz CT molecular complexity index is 207. The molecule has 0 N–H and O–H groups in total. The highest BCUT2D eigenvalue weighted by Crippen LogP contribution is 1.76. The molecule has 0 aromatic carbocycles. The highest BCUT2D eigenvalue weighted by Gasteiger charge is 2.01. The van der Waals surface area contributed by atoms with Gasteiger partial charge in [0.15, 0.2) is 0 Å². The number of sulfone groups is 1. The molecule has 0 spiro atoms. The minimum absolute atomic E-state index is 0. The molecule has 0 amide bonds. The van der Waals surface area contributed by atoms with E-state index in [1.54, 1.807) is 0 Å². The van der Waals surface area contributed by atoms with E-state index < -0.39 is 9.84 Å². The van der Waals surface area contributed by atoms with Crippen molar-refractivity contribution in [1.29, 1.82) is 10.5 Å². The maximum Gasteiger partial charge on any atom is 0.333 e. The molecule has 0 saturated heterocycles. The van der Waals surface area contributed by atoms with Gasteiger partial charge in [-0.15, -0.1) is 0 Å². The van der Waals surface area contributed by atoms with Crippen LogP contribution in [0.15, 0.2) is 0 Å². The van der Waals surface area contributed by atoms with Crippen molar-refractivity contribution in [2.45, 2.75) is 7.43 Å². The highest BCUT2D eigenvalue weighted by molar-refractivity contribution is 8.00. The smallest absolute Gasteiger partial charge is 0.197 e. The molecule has 4 nitrogen and oxygen atoms in total. The first-order valence-electron chi connectivity index (χ1n) is 1.19. The largest absolute Gasteiger partial charge is 0.333 e. The second-order valence-electron chi connectivity index (χ2n) is 0.686. The van der Waals surface area contributed by atoms with Crippen molar-refractivity contribution < 1.29 is 8.42 Å². The van der Waals surface area contributed by atoms with Crippen LogP contribution in [0.4, 0.5) is 0 Å². The van der Waals surface area contributed by atoms with Crippen LogP contribution < -0.4 is 0 Å². The standard InChI is InChI=1S/C2N2O2S.CH4/c3-1-7(5,6)2-4;/h;1H4. The Labute approximate surface area is 47.9 Å². The molecule has 0 aliphatic heterocycles. The van der Waals surface area contributed by atoms with Gasteiger partial charge in [-0.1, -0.05) is 7.43 Å². The molecule has 0 rings (SSSR count). The van der Waals surface area contributed by atoms with Crippen molar-refractivity contribution in [2.24, 2.45) is 0 Å². The molecular weight excluding hydrogens is 128 g/mol. The summed E-state index contributed by atoms with van der Waals surface area (Å²) in [6.07, 6.45) is 0. The Balaban J connectivity index is 0. The molecule has 5 heteroatoms. The lowest BCUT2D eigenvalue weighted by Crippen LogP contribution is -1.85. The quantitative estimate of drug-likeness (QED) is 0.343. The Morgan fingerprint density at radius 3 is 1.38 bits per heavy atom. The molecule has 44 valence electrons. The summed E-state index contributed by atoms with van der Waals surface area (Å²) in [6.45, 7) is 0. The Hall–Kier alpha value is -1.07. The van der Waals surface area contributed by atoms with Crippen LogP contribution in [0.5, 0.6) is 0 Å². The van der Waals surface area contributed by atoms with Crippen LogP contribution in [0.1, 0.15) is 7.43 Å². The number of hydrogen-bond acceptors (Lipinski definition) is 4. The van der Waals surface area contributed by atoms with Crippen LogP contribution in [-0.4, -0.2) is 8.42 Å². The van der Waals surface area contributed by atoms with Gasteiger partial charge in [0.2, 0.25) is 10.8 Å². The summed E-state index contributed by atoms with van der Waals surface area (Å²) in [5, 5.41) is 16.7. The van der Waals surface area contributed by atoms with Crippen LogP contribution >= 0.6 is 0 Å². The summed E-state index contributed by atoms with van der Waals surface area (Å²) in [4.78, 5) is 0. The van der Waals surface area contributed by atoms with Crippen molar-refractivity contribution in [1.82, 2.24) is 0 Å². The van der Waals surface area contributed by atoms with Gasteiger partial charge in [-0.05, 0) is 0 Å². The second-order valence-corrected chi connectivity index (χ2v) is 2.06. The minimum atomic E-state index is -4.05. The summed E-state index contributed by atoms with van der Waals surface area (Å²) in [7, 11) is -4.05. The van der Waals surface area contributed by atoms with Gasteiger partial charge in [-0.2, -0.15) is 18.9 Å². The molecule has 0 aromatic heterocycles. The van der Waals surface area contributed by atoms with Crippen molar-refractivity contribution >= 4 is 9.84 Å². The van der Waals surface area contributed by atoms with E-state index in [9.17, 15) is 8.42 Å². The van der Waals surface area contributed by atoms with Crippen LogP contribution in [-0.2, 0) is 9.84 Å². The summed E-state index contributed by atoms with van der Waals surface area (Å²) < 4.78 is 19.3. The van der Waals surface area contributed by atoms with E-state index in [-0.39, 0.29) is 7.43 Å². The predicted molar refractivity (Wildman–Crippen MR) is 26.9 cm³/mol. The lowest BCUT2D eigenvalue weighted by molar-refractivity contribution is 0.614. The first kappa shape index (κ1) is 10.0. The third-order valence-corrected chi connectivity index (χ3v) is 0.721. The molecule has 0 aliphatic carbocycles.